The number of benzene rings is 1. The average molecular weight is 232 g/mol. The number of esters is 1. The molecule has 0 aliphatic heterocycles. The normalized spacial score (nSPS) is 9.80. The van der Waals surface area contributed by atoms with Crippen molar-refractivity contribution in [2.45, 2.75) is 6.92 Å². The van der Waals surface area contributed by atoms with E-state index in [1.807, 2.05) is 0 Å². The summed E-state index contributed by atoms with van der Waals surface area (Å²) in [6, 6.07) is 4.56. The zero-order chi connectivity index (χ0) is 11.3. The van der Waals surface area contributed by atoms with Crippen LogP contribution in [0.1, 0.15) is 6.92 Å². The van der Waals surface area contributed by atoms with Crippen LogP contribution >= 0.6 is 11.6 Å². The van der Waals surface area contributed by atoms with Crippen molar-refractivity contribution >= 4 is 17.6 Å². The minimum absolute atomic E-state index is 0.0931. The molecule has 1 aromatic rings. The first-order valence-corrected chi connectivity index (χ1v) is 4.66. The maximum Gasteiger partial charge on any atom is 0.344 e. The summed E-state index contributed by atoms with van der Waals surface area (Å²) >= 11 is 5.65. The van der Waals surface area contributed by atoms with Gasteiger partial charge in [0.25, 0.3) is 0 Å². The molecule has 3 nitrogen and oxygen atoms in total. The van der Waals surface area contributed by atoms with Crippen LogP contribution in [0.4, 0.5) is 4.39 Å². The molecule has 0 spiro atoms. The van der Waals surface area contributed by atoms with Crippen LogP contribution in [0.25, 0.3) is 0 Å². The number of hydrogen-bond donors (Lipinski definition) is 0. The summed E-state index contributed by atoms with van der Waals surface area (Å²) in [5, 5.41) is 0.0931. The number of rotatable bonds is 4. The monoisotopic (exact) mass is 231 g/mol. The molecule has 1 radical (unpaired) electrons. The van der Waals surface area contributed by atoms with Crippen molar-refractivity contribution in [2.75, 3.05) is 13.2 Å². The molecule has 15 heavy (non-hydrogen) atoms. The lowest BCUT2D eigenvalue weighted by Crippen LogP contribution is -2.14. The van der Waals surface area contributed by atoms with Gasteiger partial charge in [-0.3, -0.25) is 0 Å². The largest absolute Gasteiger partial charge is 0.480 e. The van der Waals surface area contributed by atoms with Crippen molar-refractivity contribution in [3.63, 3.8) is 0 Å². The van der Waals surface area contributed by atoms with E-state index in [0.29, 0.717) is 0 Å². The van der Waals surface area contributed by atoms with Gasteiger partial charge in [-0.1, -0.05) is 11.6 Å². The number of ether oxygens (including phenoxy) is 2. The lowest BCUT2D eigenvalue weighted by molar-refractivity contribution is -0.145. The molecule has 0 saturated heterocycles. The van der Waals surface area contributed by atoms with E-state index in [9.17, 15) is 9.18 Å². The van der Waals surface area contributed by atoms with E-state index in [0.717, 1.165) is 6.07 Å². The molecular formula is C10H9ClFO3. The molecule has 0 aliphatic carbocycles. The maximum atomic E-state index is 12.6. The van der Waals surface area contributed by atoms with E-state index in [1.165, 1.54) is 6.07 Å². The molecule has 0 atom stereocenters. The Balaban J connectivity index is 2.54. The fourth-order valence-corrected chi connectivity index (χ4v) is 1.08. The Morgan fingerprint density at radius 1 is 1.67 bits per heavy atom. The van der Waals surface area contributed by atoms with Gasteiger partial charge in [0.2, 0.25) is 0 Å². The van der Waals surface area contributed by atoms with Crippen molar-refractivity contribution in [3.8, 4) is 5.75 Å². The van der Waals surface area contributed by atoms with Gasteiger partial charge < -0.3 is 9.47 Å². The van der Waals surface area contributed by atoms with Crippen LogP contribution in [-0.2, 0) is 9.53 Å². The first-order chi connectivity index (χ1) is 7.13. The highest BCUT2D eigenvalue weighted by Crippen LogP contribution is 2.24. The van der Waals surface area contributed by atoms with Crippen LogP contribution < -0.4 is 4.74 Å². The quantitative estimate of drug-likeness (QED) is 0.746. The molecule has 0 amide bonds. The van der Waals surface area contributed by atoms with Crippen molar-refractivity contribution < 1.29 is 18.7 Å². The van der Waals surface area contributed by atoms with Gasteiger partial charge >= 0.3 is 5.97 Å². The number of halogens is 2. The van der Waals surface area contributed by atoms with Gasteiger partial charge in [0.1, 0.15) is 11.6 Å². The van der Waals surface area contributed by atoms with Crippen molar-refractivity contribution in [2.24, 2.45) is 0 Å². The zero-order valence-electron chi connectivity index (χ0n) is 8.05. The summed E-state index contributed by atoms with van der Waals surface area (Å²) in [7, 11) is 0. The van der Waals surface area contributed by atoms with Crippen LogP contribution in [0, 0.1) is 11.9 Å². The molecule has 0 heterocycles. The molecule has 1 aromatic carbocycles. The van der Waals surface area contributed by atoms with Crippen LogP contribution in [-0.4, -0.2) is 19.2 Å². The Bertz CT molecular complexity index is 355. The van der Waals surface area contributed by atoms with Gasteiger partial charge in [-0.25, -0.2) is 9.18 Å². The van der Waals surface area contributed by atoms with E-state index in [1.54, 1.807) is 6.92 Å². The molecular weight excluding hydrogens is 223 g/mol. The van der Waals surface area contributed by atoms with Crippen molar-refractivity contribution in [1.29, 1.82) is 0 Å². The Morgan fingerprint density at radius 2 is 2.40 bits per heavy atom. The summed E-state index contributed by atoms with van der Waals surface area (Å²) < 4.78 is 22.2. The Labute approximate surface area is 91.7 Å². The smallest absolute Gasteiger partial charge is 0.344 e. The third-order valence-corrected chi connectivity index (χ3v) is 1.78. The second-order valence-electron chi connectivity index (χ2n) is 2.59. The summed E-state index contributed by atoms with van der Waals surface area (Å²) in [6.45, 7) is 1.72. The molecule has 0 saturated carbocycles. The van der Waals surface area contributed by atoms with Crippen molar-refractivity contribution in [1.82, 2.24) is 0 Å². The van der Waals surface area contributed by atoms with Crippen molar-refractivity contribution in [3.05, 3.63) is 29.0 Å². The maximum absolute atomic E-state index is 12.6. The molecule has 0 aromatic heterocycles. The predicted molar refractivity (Wildman–Crippen MR) is 52.4 cm³/mol. The Morgan fingerprint density at radius 3 is 3.00 bits per heavy atom. The topological polar surface area (TPSA) is 35.5 Å². The van der Waals surface area contributed by atoms with Gasteiger partial charge in [0.15, 0.2) is 6.61 Å². The van der Waals surface area contributed by atoms with Gasteiger partial charge in [-0.15, -0.1) is 0 Å². The van der Waals surface area contributed by atoms with E-state index in [-0.39, 0.29) is 24.0 Å². The summed E-state index contributed by atoms with van der Waals surface area (Å²) in [5.74, 6) is -0.882. The number of hydrogen-bond acceptors (Lipinski definition) is 3. The lowest BCUT2D eigenvalue weighted by atomic mass is 10.3. The van der Waals surface area contributed by atoms with Crippen LogP contribution in [0.5, 0.6) is 5.75 Å². The summed E-state index contributed by atoms with van der Waals surface area (Å²) in [4.78, 5) is 10.9. The molecule has 5 heteroatoms. The first kappa shape index (κ1) is 11.8. The predicted octanol–water partition coefficient (Wildman–Crippen LogP) is 2.22. The molecule has 0 N–H and O–H groups in total. The zero-order valence-corrected chi connectivity index (χ0v) is 8.81. The first-order valence-electron chi connectivity index (χ1n) is 4.28. The van der Waals surface area contributed by atoms with Gasteiger partial charge in [-0.05, 0) is 19.1 Å². The van der Waals surface area contributed by atoms with E-state index in [2.05, 4.69) is 10.8 Å². The second kappa shape index (κ2) is 5.56. The molecule has 81 valence electrons. The third-order valence-electron chi connectivity index (χ3n) is 1.48. The van der Waals surface area contributed by atoms with E-state index >= 15 is 0 Å². The van der Waals surface area contributed by atoms with Gasteiger partial charge in [-0.2, -0.15) is 0 Å². The highest BCUT2D eigenvalue weighted by molar-refractivity contribution is 6.32. The third kappa shape index (κ3) is 3.75. The lowest BCUT2D eigenvalue weighted by Gasteiger charge is -2.06. The van der Waals surface area contributed by atoms with Crippen LogP contribution in [0.15, 0.2) is 12.1 Å². The van der Waals surface area contributed by atoms with Gasteiger partial charge in [0, 0.05) is 6.07 Å². The van der Waals surface area contributed by atoms with E-state index in [4.69, 9.17) is 16.3 Å². The molecule has 0 unspecified atom stereocenters. The number of carbonyl (C=O) groups excluding carboxylic acids is 1. The van der Waals surface area contributed by atoms with Crippen LogP contribution in [0.3, 0.4) is 0 Å². The minimum Gasteiger partial charge on any atom is -0.480 e. The molecule has 0 fully saturated rings. The van der Waals surface area contributed by atoms with Crippen LogP contribution in [0.2, 0.25) is 5.02 Å². The van der Waals surface area contributed by atoms with E-state index < -0.39 is 11.8 Å². The second-order valence-corrected chi connectivity index (χ2v) is 2.99. The number of carbonyl (C=O) groups is 1. The summed E-state index contributed by atoms with van der Waals surface area (Å²) in [5.41, 5.74) is 0. The molecule has 0 aliphatic rings. The summed E-state index contributed by atoms with van der Waals surface area (Å²) in [6.07, 6.45) is 0. The minimum atomic E-state index is -0.580. The SMILES string of the molecule is CCOC(=O)COc1c[c]c(F)cc1Cl. The molecule has 0 bridgehead atoms. The standard InChI is InChI=1S/C10H9ClFO3/c1-2-14-10(13)6-15-9-4-3-7(12)5-8(9)11/h4-5H,2,6H2,1H3. The average Bonchev–Trinajstić information content (AvgIpc) is 2.17. The Hall–Kier alpha value is -1.29. The fraction of sp³-hybridized carbons (Fsp3) is 0.300. The fourth-order valence-electron chi connectivity index (χ4n) is 0.877. The highest BCUT2D eigenvalue weighted by Gasteiger charge is 2.07. The molecule has 1 rings (SSSR count). The highest BCUT2D eigenvalue weighted by atomic mass is 35.5. The Kier molecular flexibility index (Phi) is 4.37. The van der Waals surface area contributed by atoms with Gasteiger partial charge in [0.05, 0.1) is 11.6 Å².